The number of hydrogen-bond donors (Lipinski definition) is 1. The highest BCUT2D eigenvalue weighted by Gasteiger charge is 2.27. The minimum absolute atomic E-state index is 0.0360. The minimum atomic E-state index is -0.931. The van der Waals surface area contributed by atoms with E-state index in [0.717, 1.165) is 25.0 Å². The number of nitrogens with zero attached hydrogens (tertiary/aromatic N) is 1. The maximum Gasteiger partial charge on any atom is 0.225 e. The van der Waals surface area contributed by atoms with Crippen molar-refractivity contribution in [3.8, 4) is 0 Å². The monoisotopic (exact) mass is 310 g/mol. The molecule has 120 valence electrons. The molecule has 0 spiro atoms. The Bertz CT molecular complexity index is 577. The van der Waals surface area contributed by atoms with Gasteiger partial charge in [0, 0.05) is 20.0 Å². The molecule has 1 N–H and O–H groups in total. The van der Waals surface area contributed by atoms with Gasteiger partial charge in [0.05, 0.1) is 12.0 Å². The van der Waals surface area contributed by atoms with E-state index in [2.05, 4.69) is 5.32 Å². The summed E-state index contributed by atoms with van der Waals surface area (Å²) in [5.41, 5.74) is 0.506. The van der Waals surface area contributed by atoms with Crippen LogP contribution in [-0.4, -0.2) is 29.8 Å². The molecule has 2 atom stereocenters. The Balaban J connectivity index is 1.98. The van der Waals surface area contributed by atoms with Crippen LogP contribution in [0.2, 0.25) is 0 Å². The number of carbonyl (C=O) groups excluding carboxylic acids is 2. The number of amides is 2. The van der Waals surface area contributed by atoms with Crippen molar-refractivity contribution in [2.75, 3.05) is 13.1 Å². The summed E-state index contributed by atoms with van der Waals surface area (Å²) in [6.07, 6.45) is 1.51. The van der Waals surface area contributed by atoms with Crippen LogP contribution in [0, 0.1) is 17.6 Å². The first kappa shape index (κ1) is 16.4. The molecule has 6 heteroatoms. The Morgan fingerprint density at radius 2 is 2.05 bits per heavy atom. The van der Waals surface area contributed by atoms with Crippen LogP contribution < -0.4 is 5.32 Å². The van der Waals surface area contributed by atoms with Crippen LogP contribution in [0.1, 0.15) is 38.3 Å². The van der Waals surface area contributed by atoms with Gasteiger partial charge in [-0.1, -0.05) is 6.07 Å². The number of hydrogen-bond acceptors (Lipinski definition) is 2. The second-order valence-electron chi connectivity index (χ2n) is 5.71. The van der Waals surface area contributed by atoms with E-state index < -0.39 is 17.7 Å². The highest BCUT2D eigenvalue weighted by atomic mass is 19.2. The van der Waals surface area contributed by atoms with E-state index in [-0.39, 0.29) is 17.7 Å². The quantitative estimate of drug-likeness (QED) is 0.932. The molecule has 0 radical (unpaired) electrons. The van der Waals surface area contributed by atoms with Crippen molar-refractivity contribution in [1.82, 2.24) is 10.2 Å². The average Bonchev–Trinajstić information content (AvgIpc) is 2.50. The molecule has 1 aliphatic heterocycles. The average molecular weight is 310 g/mol. The molecule has 22 heavy (non-hydrogen) atoms. The molecule has 1 aromatic rings. The van der Waals surface area contributed by atoms with Crippen molar-refractivity contribution >= 4 is 11.8 Å². The van der Waals surface area contributed by atoms with Crippen LogP contribution in [0.5, 0.6) is 0 Å². The summed E-state index contributed by atoms with van der Waals surface area (Å²) in [7, 11) is 0. The lowest BCUT2D eigenvalue weighted by Gasteiger charge is -2.32. The number of carbonyl (C=O) groups is 2. The van der Waals surface area contributed by atoms with Crippen molar-refractivity contribution in [3.63, 3.8) is 0 Å². The van der Waals surface area contributed by atoms with Crippen LogP contribution in [0.15, 0.2) is 18.2 Å². The summed E-state index contributed by atoms with van der Waals surface area (Å²) in [6.45, 7) is 4.30. The second-order valence-corrected chi connectivity index (χ2v) is 5.71. The zero-order valence-corrected chi connectivity index (χ0v) is 12.7. The van der Waals surface area contributed by atoms with E-state index in [9.17, 15) is 18.4 Å². The minimum Gasteiger partial charge on any atom is -0.349 e. The normalized spacial score (nSPS) is 19.6. The lowest BCUT2D eigenvalue weighted by molar-refractivity contribution is -0.134. The first-order chi connectivity index (χ1) is 10.4. The van der Waals surface area contributed by atoms with Gasteiger partial charge in [-0.3, -0.25) is 9.59 Å². The van der Waals surface area contributed by atoms with E-state index in [0.29, 0.717) is 18.7 Å². The Morgan fingerprint density at radius 1 is 1.32 bits per heavy atom. The largest absolute Gasteiger partial charge is 0.349 e. The maximum atomic E-state index is 13.2. The van der Waals surface area contributed by atoms with Gasteiger partial charge in [0.1, 0.15) is 0 Å². The predicted molar refractivity (Wildman–Crippen MR) is 77.9 cm³/mol. The van der Waals surface area contributed by atoms with Gasteiger partial charge in [-0.25, -0.2) is 8.78 Å². The van der Waals surface area contributed by atoms with E-state index >= 15 is 0 Å². The van der Waals surface area contributed by atoms with Crippen molar-refractivity contribution in [3.05, 3.63) is 35.4 Å². The van der Waals surface area contributed by atoms with Gasteiger partial charge in [0.15, 0.2) is 11.6 Å². The predicted octanol–water partition coefficient (Wildman–Crippen LogP) is 2.40. The van der Waals surface area contributed by atoms with Gasteiger partial charge >= 0.3 is 0 Å². The molecule has 0 saturated carbocycles. The van der Waals surface area contributed by atoms with E-state index in [1.807, 2.05) is 0 Å². The van der Waals surface area contributed by atoms with E-state index in [1.165, 1.54) is 13.0 Å². The summed E-state index contributed by atoms with van der Waals surface area (Å²) in [5, 5.41) is 2.81. The molecule has 2 rings (SSSR count). The molecule has 1 fully saturated rings. The number of halogens is 2. The molecular weight excluding hydrogens is 290 g/mol. The fourth-order valence-electron chi connectivity index (χ4n) is 2.67. The summed E-state index contributed by atoms with van der Waals surface area (Å²) < 4.78 is 26.2. The molecule has 0 unspecified atom stereocenters. The first-order valence-corrected chi connectivity index (χ1v) is 7.39. The van der Waals surface area contributed by atoms with E-state index in [1.54, 1.807) is 11.8 Å². The van der Waals surface area contributed by atoms with Crippen LogP contribution in [0.25, 0.3) is 0 Å². The fraction of sp³-hybridized carbons (Fsp3) is 0.500. The Hall–Kier alpha value is -1.98. The van der Waals surface area contributed by atoms with Crippen molar-refractivity contribution in [1.29, 1.82) is 0 Å². The first-order valence-electron chi connectivity index (χ1n) is 7.39. The van der Waals surface area contributed by atoms with Crippen LogP contribution in [0.4, 0.5) is 8.78 Å². The number of rotatable bonds is 3. The van der Waals surface area contributed by atoms with Gasteiger partial charge < -0.3 is 10.2 Å². The van der Waals surface area contributed by atoms with Crippen LogP contribution >= 0.6 is 0 Å². The van der Waals surface area contributed by atoms with Crippen LogP contribution in [0.3, 0.4) is 0 Å². The summed E-state index contributed by atoms with van der Waals surface area (Å²) in [6, 6.07) is 3.16. The third-order valence-electron chi connectivity index (χ3n) is 4.04. The third kappa shape index (κ3) is 3.81. The van der Waals surface area contributed by atoms with Gasteiger partial charge in [0.25, 0.3) is 0 Å². The standard InChI is InChI=1S/C16H20F2N2O2/c1-10(12-5-6-14(17)15(18)8-12)19-16(22)13-4-3-7-20(9-13)11(2)21/h5-6,8,10,13H,3-4,7,9H2,1-2H3,(H,19,22)/t10-,13-/m1/s1. The van der Waals surface area contributed by atoms with Gasteiger partial charge in [-0.05, 0) is 37.5 Å². The molecule has 0 bridgehead atoms. The molecule has 0 aromatic heterocycles. The lowest BCUT2D eigenvalue weighted by atomic mass is 9.96. The SMILES string of the molecule is CC(=O)N1CCC[C@@H](C(=O)N[C@H](C)c2ccc(F)c(F)c2)C1. The lowest BCUT2D eigenvalue weighted by Crippen LogP contribution is -2.45. The summed E-state index contributed by atoms with van der Waals surface area (Å²) in [5.74, 6) is -2.30. The summed E-state index contributed by atoms with van der Waals surface area (Å²) >= 11 is 0. The Labute approximate surface area is 128 Å². The van der Waals surface area contributed by atoms with Crippen molar-refractivity contribution < 1.29 is 18.4 Å². The summed E-state index contributed by atoms with van der Waals surface area (Å²) in [4.78, 5) is 25.3. The number of benzene rings is 1. The molecule has 1 aromatic carbocycles. The zero-order valence-electron chi connectivity index (χ0n) is 12.7. The topological polar surface area (TPSA) is 49.4 Å². The number of likely N-dealkylation sites (tertiary alicyclic amines) is 1. The smallest absolute Gasteiger partial charge is 0.225 e. The molecular formula is C16H20F2N2O2. The van der Waals surface area contributed by atoms with Crippen LogP contribution in [-0.2, 0) is 9.59 Å². The fourth-order valence-corrected chi connectivity index (χ4v) is 2.67. The Morgan fingerprint density at radius 3 is 2.68 bits per heavy atom. The highest BCUT2D eigenvalue weighted by molar-refractivity contribution is 5.81. The van der Waals surface area contributed by atoms with E-state index in [4.69, 9.17) is 0 Å². The molecule has 1 saturated heterocycles. The van der Waals surface area contributed by atoms with Crippen molar-refractivity contribution in [2.24, 2.45) is 5.92 Å². The molecule has 0 aliphatic carbocycles. The molecule has 1 aliphatic rings. The van der Waals surface area contributed by atoms with Gasteiger partial charge in [-0.15, -0.1) is 0 Å². The molecule has 4 nitrogen and oxygen atoms in total. The number of piperidine rings is 1. The maximum absolute atomic E-state index is 13.2. The number of nitrogens with one attached hydrogen (secondary N) is 1. The zero-order chi connectivity index (χ0) is 16.3. The molecule has 1 heterocycles. The van der Waals surface area contributed by atoms with Gasteiger partial charge in [-0.2, -0.15) is 0 Å². The Kier molecular flexibility index (Phi) is 5.11. The van der Waals surface area contributed by atoms with Crippen molar-refractivity contribution in [2.45, 2.75) is 32.7 Å². The molecule has 2 amide bonds. The second kappa shape index (κ2) is 6.85. The van der Waals surface area contributed by atoms with Gasteiger partial charge in [0.2, 0.25) is 11.8 Å². The third-order valence-corrected chi connectivity index (χ3v) is 4.04. The highest BCUT2D eigenvalue weighted by Crippen LogP contribution is 2.20.